The SMILES string of the molecule is COC(=O)c1nnn2c1COC1(CCN(C(=O)OC(C)(C)C)CC1)C2. The molecule has 3 rings (SSSR count). The van der Waals surface area contributed by atoms with E-state index < -0.39 is 17.2 Å². The molecule has 0 bridgehead atoms. The van der Waals surface area contributed by atoms with Gasteiger partial charge in [0.15, 0.2) is 5.69 Å². The van der Waals surface area contributed by atoms with Crippen molar-refractivity contribution in [2.75, 3.05) is 20.2 Å². The first kappa shape index (κ1) is 17.7. The predicted molar refractivity (Wildman–Crippen MR) is 85.9 cm³/mol. The van der Waals surface area contributed by atoms with Crippen LogP contribution in [0.5, 0.6) is 0 Å². The summed E-state index contributed by atoms with van der Waals surface area (Å²) in [5.41, 5.74) is -0.0735. The van der Waals surface area contributed by atoms with Gasteiger partial charge in [0.2, 0.25) is 0 Å². The second kappa shape index (κ2) is 6.29. The molecule has 2 aliphatic heterocycles. The van der Waals surface area contributed by atoms with Gasteiger partial charge in [-0.05, 0) is 33.6 Å². The third-order valence-corrected chi connectivity index (χ3v) is 4.50. The Bertz CT molecular complexity index is 671. The molecule has 0 atom stereocenters. The Morgan fingerprint density at radius 1 is 1.24 bits per heavy atom. The number of aromatic nitrogens is 3. The van der Waals surface area contributed by atoms with Crippen molar-refractivity contribution in [1.82, 2.24) is 19.9 Å². The van der Waals surface area contributed by atoms with Gasteiger partial charge in [0.05, 0.1) is 31.6 Å². The number of ether oxygens (including phenoxy) is 3. The first-order valence-corrected chi connectivity index (χ1v) is 8.36. The van der Waals surface area contributed by atoms with Gasteiger partial charge >= 0.3 is 12.1 Å². The molecular weight excluding hydrogens is 328 g/mol. The molecule has 9 heteroatoms. The summed E-state index contributed by atoms with van der Waals surface area (Å²) < 4.78 is 17.9. The van der Waals surface area contributed by atoms with E-state index >= 15 is 0 Å². The van der Waals surface area contributed by atoms with Gasteiger partial charge in [-0.25, -0.2) is 14.3 Å². The third kappa shape index (κ3) is 3.60. The van der Waals surface area contributed by atoms with Crippen molar-refractivity contribution in [2.45, 2.75) is 58.0 Å². The molecule has 1 amide bonds. The fourth-order valence-electron chi connectivity index (χ4n) is 3.12. The van der Waals surface area contributed by atoms with E-state index in [0.29, 0.717) is 38.2 Å². The van der Waals surface area contributed by atoms with E-state index in [1.165, 1.54) is 7.11 Å². The second-order valence-electron chi connectivity index (χ2n) is 7.47. The molecule has 1 spiro atoms. The minimum Gasteiger partial charge on any atom is -0.464 e. The summed E-state index contributed by atoms with van der Waals surface area (Å²) in [5, 5.41) is 7.96. The van der Waals surface area contributed by atoms with E-state index in [0.717, 1.165) is 0 Å². The number of hydrogen-bond donors (Lipinski definition) is 0. The summed E-state index contributed by atoms with van der Waals surface area (Å²) in [6.07, 6.45) is 1.06. The number of methoxy groups -OCH3 is 1. The number of nitrogens with zero attached hydrogens (tertiary/aromatic N) is 4. The molecule has 0 N–H and O–H groups in total. The summed E-state index contributed by atoms with van der Waals surface area (Å²) in [6, 6.07) is 0. The molecule has 1 saturated heterocycles. The molecular formula is C16H24N4O5. The van der Waals surface area contributed by atoms with Gasteiger partial charge in [-0.1, -0.05) is 5.21 Å². The number of amides is 1. The van der Waals surface area contributed by atoms with Crippen LogP contribution in [-0.2, 0) is 27.4 Å². The van der Waals surface area contributed by atoms with Crippen molar-refractivity contribution < 1.29 is 23.8 Å². The minimum absolute atomic E-state index is 0.198. The topological polar surface area (TPSA) is 95.8 Å². The molecule has 3 heterocycles. The largest absolute Gasteiger partial charge is 0.464 e. The molecule has 9 nitrogen and oxygen atoms in total. The van der Waals surface area contributed by atoms with E-state index in [-0.39, 0.29) is 18.4 Å². The number of carbonyl (C=O) groups is 2. The van der Waals surface area contributed by atoms with Crippen molar-refractivity contribution in [1.29, 1.82) is 0 Å². The Hall–Kier alpha value is -2.16. The number of esters is 1. The Morgan fingerprint density at radius 2 is 1.92 bits per heavy atom. The molecule has 1 aromatic rings. The van der Waals surface area contributed by atoms with Gasteiger partial charge in [0.1, 0.15) is 5.60 Å². The van der Waals surface area contributed by atoms with E-state index in [1.54, 1.807) is 9.58 Å². The van der Waals surface area contributed by atoms with Gasteiger partial charge in [-0.15, -0.1) is 5.10 Å². The average molecular weight is 352 g/mol. The standard InChI is InChI=1S/C16H24N4O5/c1-15(2,3)25-14(22)19-7-5-16(6-8-19)10-20-11(9-24-16)12(17-18-20)13(21)23-4/h5-10H2,1-4H3. The van der Waals surface area contributed by atoms with Gasteiger partial charge < -0.3 is 19.1 Å². The molecule has 1 aromatic heterocycles. The van der Waals surface area contributed by atoms with Crippen LogP contribution >= 0.6 is 0 Å². The fourth-order valence-corrected chi connectivity index (χ4v) is 3.12. The highest BCUT2D eigenvalue weighted by Gasteiger charge is 2.42. The van der Waals surface area contributed by atoms with Gasteiger partial charge in [-0.3, -0.25) is 0 Å². The molecule has 1 fully saturated rings. The summed E-state index contributed by atoms with van der Waals surface area (Å²) in [6.45, 7) is 7.44. The average Bonchev–Trinajstić information content (AvgIpc) is 2.96. The minimum atomic E-state index is -0.513. The zero-order chi connectivity index (χ0) is 18.2. The van der Waals surface area contributed by atoms with E-state index in [1.807, 2.05) is 20.8 Å². The van der Waals surface area contributed by atoms with Crippen LogP contribution in [0.2, 0.25) is 0 Å². The van der Waals surface area contributed by atoms with Crippen LogP contribution in [0.1, 0.15) is 49.8 Å². The highest BCUT2D eigenvalue weighted by atomic mass is 16.6. The number of rotatable bonds is 1. The summed E-state index contributed by atoms with van der Waals surface area (Å²) in [7, 11) is 1.31. The molecule has 2 aliphatic rings. The number of fused-ring (bicyclic) bond motifs is 1. The maximum absolute atomic E-state index is 12.2. The van der Waals surface area contributed by atoms with Crippen molar-refractivity contribution >= 4 is 12.1 Å². The zero-order valence-electron chi connectivity index (χ0n) is 15.1. The van der Waals surface area contributed by atoms with E-state index in [2.05, 4.69) is 10.3 Å². The number of piperidine rings is 1. The summed E-state index contributed by atoms with van der Waals surface area (Å²) in [4.78, 5) is 25.6. The maximum atomic E-state index is 12.2. The van der Waals surface area contributed by atoms with Crippen LogP contribution < -0.4 is 0 Å². The van der Waals surface area contributed by atoms with Gasteiger partial charge in [-0.2, -0.15) is 0 Å². The van der Waals surface area contributed by atoms with Gasteiger partial charge in [0, 0.05) is 13.1 Å². The highest BCUT2D eigenvalue weighted by Crippen LogP contribution is 2.33. The summed E-state index contributed by atoms with van der Waals surface area (Å²) in [5.74, 6) is -0.513. The number of carbonyl (C=O) groups excluding carboxylic acids is 2. The quantitative estimate of drug-likeness (QED) is 0.704. The van der Waals surface area contributed by atoms with Crippen LogP contribution in [0, 0.1) is 0 Å². The predicted octanol–water partition coefficient (Wildman–Crippen LogP) is 1.36. The Morgan fingerprint density at radius 3 is 2.52 bits per heavy atom. The fraction of sp³-hybridized carbons (Fsp3) is 0.750. The van der Waals surface area contributed by atoms with Crippen molar-refractivity contribution in [2.24, 2.45) is 0 Å². The molecule has 0 saturated carbocycles. The monoisotopic (exact) mass is 352 g/mol. The van der Waals surface area contributed by atoms with Crippen LogP contribution in [-0.4, -0.2) is 63.4 Å². The Labute approximate surface area is 146 Å². The zero-order valence-corrected chi connectivity index (χ0v) is 15.1. The van der Waals surface area contributed by atoms with Crippen molar-refractivity contribution in [3.05, 3.63) is 11.4 Å². The first-order valence-electron chi connectivity index (χ1n) is 8.36. The second-order valence-corrected chi connectivity index (χ2v) is 7.47. The van der Waals surface area contributed by atoms with Crippen LogP contribution in [0.4, 0.5) is 4.79 Å². The lowest BCUT2D eigenvalue weighted by atomic mass is 9.90. The maximum Gasteiger partial charge on any atom is 0.410 e. The molecule has 0 unspecified atom stereocenters. The van der Waals surface area contributed by atoms with Crippen LogP contribution in [0.15, 0.2) is 0 Å². The lowest BCUT2D eigenvalue weighted by molar-refractivity contribution is -0.122. The van der Waals surface area contributed by atoms with Gasteiger partial charge in [0.25, 0.3) is 0 Å². The highest BCUT2D eigenvalue weighted by molar-refractivity contribution is 5.88. The normalized spacial score (nSPS) is 19.4. The molecule has 0 aliphatic carbocycles. The van der Waals surface area contributed by atoms with Crippen LogP contribution in [0.25, 0.3) is 0 Å². The first-order chi connectivity index (χ1) is 11.7. The molecule has 0 aromatic carbocycles. The molecule has 25 heavy (non-hydrogen) atoms. The van der Waals surface area contributed by atoms with Crippen molar-refractivity contribution in [3.63, 3.8) is 0 Å². The molecule has 138 valence electrons. The number of likely N-dealkylation sites (tertiary alicyclic amines) is 1. The number of hydrogen-bond acceptors (Lipinski definition) is 7. The Kier molecular flexibility index (Phi) is 4.44. The third-order valence-electron chi connectivity index (χ3n) is 4.50. The smallest absolute Gasteiger partial charge is 0.410 e. The molecule has 0 radical (unpaired) electrons. The van der Waals surface area contributed by atoms with E-state index in [4.69, 9.17) is 14.2 Å². The van der Waals surface area contributed by atoms with Crippen molar-refractivity contribution in [3.8, 4) is 0 Å². The lowest BCUT2D eigenvalue weighted by Gasteiger charge is -2.43. The lowest BCUT2D eigenvalue weighted by Crippen LogP contribution is -2.52. The summed E-state index contributed by atoms with van der Waals surface area (Å²) >= 11 is 0. The Balaban J connectivity index is 1.64. The van der Waals surface area contributed by atoms with Crippen LogP contribution in [0.3, 0.4) is 0 Å². The van der Waals surface area contributed by atoms with E-state index in [9.17, 15) is 9.59 Å².